The summed E-state index contributed by atoms with van der Waals surface area (Å²) in [7, 11) is 0. The lowest BCUT2D eigenvalue weighted by Gasteiger charge is -2.70. The van der Waals surface area contributed by atoms with Gasteiger partial charge in [-0.3, -0.25) is 9.59 Å². The number of allylic oxidation sites excluding steroid dienone is 2. The van der Waals surface area contributed by atoms with E-state index >= 15 is 0 Å². The maximum absolute atomic E-state index is 14.4. The maximum Gasteiger partial charge on any atom is 0.302 e. The van der Waals surface area contributed by atoms with Gasteiger partial charge in [0, 0.05) is 18.3 Å². The molecule has 0 N–H and O–H groups in total. The zero-order chi connectivity index (χ0) is 25.8. The maximum atomic E-state index is 14.4. The summed E-state index contributed by atoms with van der Waals surface area (Å²) in [6.45, 7) is 21.0. The van der Waals surface area contributed by atoms with Crippen LogP contribution in [0.5, 0.6) is 0 Å². The van der Waals surface area contributed by atoms with E-state index in [1.807, 2.05) is 0 Å². The highest BCUT2D eigenvalue weighted by molar-refractivity contribution is 5.95. The minimum absolute atomic E-state index is 0.00843. The highest BCUT2D eigenvalue weighted by atomic mass is 16.5. The van der Waals surface area contributed by atoms with E-state index in [0.717, 1.165) is 31.6 Å². The number of esters is 1. The first-order valence-electron chi connectivity index (χ1n) is 14.5. The van der Waals surface area contributed by atoms with Crippen LogP contribution in [-0.4, -0.2) is 17.9 Å². The number of hydrogen-bond donors (Lipinski definition) is 0. The molecule has 5 rings (SSSR count). The van der Waals surface area contributed by atoms with Crippen LogP contribution in [0.4, 0.5) is 0 Å². The second kappa shape index (κ2) is 7.70. The van der Waals surface area contributed by atoms with Gasteiger partial charge in [0.25, 0.3) is 0 Å². The molecule has 0 bridgehead atoms. The van der Waals surface area contributed by atoms with Crippen LogP contribution < -0.4 is 0 Å². The van der Waals surface area contributed by atoms with E-state index in [2.05, 4.69) is 61.5 Å². The third kappa shape index (κ3) is 3.21. The largest absolute Gasteiger partial charge is 0.462 e. The minimum Gasteiger partial charge on any atom is -0.462 e. The Kier molecular flexibility index (Phi) is 5.62. The molecule has 0 radical (unpaired) electrons. The van der Waals surface area contributed by atoms with Crippen molar-refractivity contribution in [3.05, 3.63) is 11.6 Å². The molecule has 10 atom stereocenters. The Bertz CT molecular complexity index is 962. The standard InChI is InChI=1S/C32H50O3/c1-19-10-13-29(6)16-17-31(8)22(26(29)20(19)2)18-23(34)27-30(7)14-12-25(35-21(3)33)28(4,5)24(30)11-15-32(27,31)9/h18-20,24-27H,10-17H2,1-9H3/t19-,20-,24+,25+,26-,27-,29-,30+,31-,32-/m1/s1. The average molecular weight is 483 g/mol. The summed E-state index contributed by atoms with van der Waals surface area (Å²) < 4.78 is 5.85. The molecule has 3 heteroatoms. The van der Waals surface area contributed by atoms with Crippen molar-refractivity contribution >= 4 is 11.8 Å². The molecule has 4 saturated carbocycles. The summed E-state index contributed by atoms with van der Waals surface area (Å²) in [5.74, 6) is 2.57. The quantitative estimate of drug-likeness (QED) is 0.358. The van der Waals surface area contributed by atoms with E-state index in [0.29, 0.717) is 29.0 Å². The van der Waals surface area contributed by atoms with E-state index in [4.69, 9.17) is 4.74 Å². The SMILES string of the molecule is CC(=O)O[C@H]1CC[C@]2(C)[C@H]3C(=O)C=C4[C@H]5[C@H](C)[C@H](C)CC[C@]5(C)CC[C@@]4(C)[C@]3(C)CC[C@H]2C1(C)C. The van der Waals surface area contributed by atoms with Crippen molar-refractivity contribution in [3.63, 3.8) is 0 Å². The molecule has 5 aliphatic rings. The van der Waals surface area contributed by atoms with Crippen LogP contribution in [0.25, 0.3) is 0 Å². The monoisotopic (exact) mass is 482 g/mol. The van der Waals surface area contributed by atoms with Gasteiger partial charge >= 0.3 is 5.97 Å². The van der Waals surface area contributed by atoms with Gasteiger partial charge in [-0.25, -0.2) is 0 Å². The lowest BCUT2D eigenvalue weighted by Crippen LogP contribution is -2.67. The van der Waals surface area contributed by atoms with Gasteiger partial charge in [0.1, 0.15) is 6.10 Å². The van der Waals surface area contributed by atoms with E-state index in [-0.39, 0.29) is 39.7 Å². The predicted octanol–water partition coefficient (Wildman–Crippen LogP) is 7.77. The number of rotatable bonds is 1. The molecular weight excluding hydrogens is 432 g/mol. The summed E-state index contributed by atoms with van der Waals surface area (Å²) >= 11 is 0. The Labute approximate surface area is 214 Å². The number of hydrogen-bond acceptors (Lipinski definition) is 3. The summed E-state index contributed by atoms with van der Waals surface area (Å²) in [4.78, 5) is 26.2. The highest BCUT2D eigenvalue weighted by Crippen LogP contribution is 2.75. The second-order valence-electron chi connectivity index (χ2n) is 15.2. The third-order valence-electron chi connectivity index (χ3n) is 13.4. The Balaban J connectivity index is 1.59. The Hall–Kier alpha value is -1.12. The van der Waals surface area contributed by atoms with Gasteiger partial charge in [0.05, 0.1) is 0 Å². The number of ether oxygens (including phenoxy) is 1. The number of ketones is 1. The lowest BCUT2D eigenvalue weighted by molar-refractivity contribution is -0.210. The zero-order valence-electron chi connectivity index (χ0n) is 23.9. The van der Waals surface area contributed by atoms with E-state index in [9.17, 15) is 9.59 Å². The smallest absolute Gasteiger partial charge is 0.302 e. The van der Waals surface area contributed by atoms with Crippen LogP contribution in [0.2, 0.25) is 0 Å². The van der Waals surface area contributed by atoms with Crippen LogP contribution in [0, 0.1) is 56.7 Å². The van der Waals surface area contributed by atoms with Crippen molar-refractivity contribution in [2.75, 3.05) is 0 Å². The minimum atomic E-state index is -0.178. The fourth-order valence-corrected chi connectivity index (χ4v) is 11.1. The first kappa shape index (κ1) is 25.5. The van der Waals surface area contributed by atoms with E-state index in [1.54, 1.807) is 0 Å². The molecular formula is C32H50O3. The first-order chi connectivity index (χ1) is 16.1. The number of fused-ring (bicyclic) bond motifs is 7. The van der Waals surface area contributed by atoms with Crippen LogP contribution in [0.1, 0.15) is 114 Å². The molecule has 0 saturated heterocycles. The molecule has 0 heterocycles. The molecule has 0 aromatic carbocycles. The highest BCUT2D eigenvalue weighted by Gasteiger charge is 2.70. The van der Waals surface area contributed by atoms with E-state index in [1.165, 1.54) is 38.2 Å². The van der Waals surface area contributed by atoms with Gasteiger partial charge in [0.2, 0.25) is 0 Å². The third-order valence-corrected chi connectivity index (χ3v) is 13.4. The molecule has 5 aliphatic carbocycles. The van der Waals surface area contributed by atoms with Crippen molar-refractivity contribution in [1.29, 1.82) is 0 Å². The molecule has 0 unspecified atom stereocenters. The van der Waals surface area contributed by atoms with Crippen molar-refractivity contribution in [2.24, 2.45) is 56.7 Å². The molecule has 4 fully saturated rings. The molecule has 0 amide bonds. The first-order valence-corrected chi connectivity index (χ1v) is 14.5. The summed E-state index contributed by atoms with van der Waals surface area (Å²) in [5, 5.41) is 0. The Morgan fingerprint density at radius 3 is 2.26 bits per heavy atom. The van der Waals surface area contributed by atoms with Crippen LogP contribution in [-0.2, 0) is 14.3 Å². The molecule has 35 heavy (non-hydrogen) atoms. The second-order valence-corrected chi connectivity index (χ2v) is 15.2. The van der Waals surface area contributed by atoms with Gasteiger partial charge in [-0.15, -0.1) is 0 Å². The fraction of sp³-hybridized carbons (Fsp3) is 0.875. The van der Waals surface area contributed by atoms with Crippen LogP contribution in [0.15, 0.2) is 11.6 Å². The lowest BCUT2D eigenvalue weighted by atomic mass is 9.33. The van der Waals surface area contributed by atoms with Gasteiger partial charge in [-0.1, -0.05) is 61.0 Å². The van der Waals surface area contributed by atoms with Crippen molar-refractivity contribution in [1.82, 2.24) is 0 Å². The van der Waals surface area contributed by atoms with Gasteiger partial charge in [0.15, 0.2) is 5.78 Å². The molecule has 0 aliphatic heterocycles. The van der Waals surface area contributed by atoms with Crippen LogP contribution in [0.3, 0.4) is 0 Å². The summed E-state index contributed by atoms with van der Waals surface area (Å²) in [5.41, 5.74) is 1.76. The summed E-state index contributed by atoms with van der Waals surface area (Å²) in [6, 6.07) is 0. The predicted molar refractivity (Wildman–Crippen MR) is 141 cm³/mol. The van der Waals surface area contributed by atoms with Gasteiger partial charge in [-0.2, -0.15) is 0 Å². The van der Waals surface area contributed by atoms with Gasteiger partial charge in [-0.05, 0) is 103 Å². The molecule has 0 aromatic heterocycles. The van der Waals surface area contributed by atoms with Crippen LogP contribution >= 0.6 is 0 Å². The number of carbonyl (C=O) groups is 2. The normalized spacial score (nSPS) is 52.8. The molecule has 0 aromatic rings. The van der Waals surface area contributed by atoms with E-state index < -0.39 is 0 Å². The zero-order valence-corrected chi connectivity index (χ0v) is 23.9. The van der Waals surface area contributed by atoms with Crippen molar-refractivity contribution < 1.29 is 14.3 Å². The van der Waals surface area contributed by atoms with Crippen molar-refractivity contribution in [3.8, 4) is 0 Å². The molecule has 196 valence electrons. The van der Waals surface area contributed by atoms with Crippen molar-refractivity contribution in [2.45, 2.75) is 120 Å². The Morgan fingerprint density at radius 1 is 0.914 bits per heavy atom. The summed E-state index contributed by atoms with van der Waals surface area (Å²) in [6.07, 6.45) is 11.3. The number of carbonyl (C=O) groups excluding carboxylic acids is 2. The van der Waals surface area contributed by atoms with Gasteiger partial charge < -0.3 is 4.74 Å². The topological polar surface area (TPSA) is 43.4 Å². The average Bonchev–Trinajstić information content (AvgIpc) is 2.74. The molecule has 0 spiro atoms. The molecule has 3 nitrogen and oxygen atoms in total. The fourth-order valence-electron chi connectivity index (χ4n) is 11.1. The Morgan fingerprint density at radius 2 is 1.60 bits per heavy atom.